The molecule has 0 spiro atoms. The molecule has 1 aromatic rings. The summed E-state index contributed by atoms with van der Waals surface area (Å²) in [5.74, 6) is 1.23. The molecular weight excluding hydrogens is 527 g/mol. The van der Waals surface area contributed by atoms with Crippen LogP contribution in [0.5, 0.6) is 0 Å². The van der Waals surface area contributed by atoms with Crippen molar-refractivity contribution >= 4 is 35.8 Å². The molecule has 8 heteroatoms. The van der Waals surface area contributed by atoms with Gasteiger partial charge in [-0.05, 0) is 44.0 Å². The molecule has 2 aliphatic rings. The van der Waals surface area contributed by atoms with E-state index in [0.29, 0.717) is 5.91 Å². The number of hydrogen-bond acceptors (Lipinski definition) is 4. The van der Waals surface area contributed by atoms with E-state index in [2.05, 4.69) is 70.0 Å². The molecule has 2 aliphatic heterocycles. The molecule has 186 valence electrons. The second-order valence-corrected chi connectivity index (χ2v) is 8.91. The Hall–Kier alpha value is -1.39. The van der Waals surface area contributed by atoms with Crippen molar-refractivity contribution < 1.29 is 4.79 Å². The maximum absolute atomic E-state index is 12.7. The number of piperazine rings is 1. The maximum atomic E-state index is 12.7. The number of carbonyl (C=O) groups is 1. The highest BCUT2D eigenvalue weighted by Crippen LogP contribution is 2.14. The van der Waals surface area contributed by atoms with Crippen molar-refractivity contribution in [3.63, 3.8) is 0 Å². The van der Waals surface area contributed by atoms with Crippen molar-refractivity contribution in [3.8, 4) is 0 Å². The van der Waals surface area contributed by atoms with Gasteiger partial charge in [-0.25, -0.2) is 0 Å². The fraction of sp³-hybridized carbons (Fsp3) is 0.680. The summed E-state index contributed by atoms with van der Waals surface area (Å²) in [4.78, 5) is 26.3. The Morgan fingerprint density at radius 1 is 0.970 bits per heavy atom. The minimum absolute atomic E-state index is 0. The molecule has 1 N–H and O–H groups in total. The average Bonchev–Trinajstić information content (AvgIpc) is 3.38. The lowest BCUT2D eigenvalue weighted by Gasteiger charge is -2.39. The number of amides is 1. The van der Waals surface area contributed by atoms with Crippen molar-refractivity contribution in [3.05, 3.63) is 35.4 Å². The minimum Gasteiger partial charge on any atom is -0.352 e. The van der Waals surface area contributed by atoms with Crippen LogP contribution in [0.15, 0.2) is 29.3 Å². The van der Waals surface area contributed by atoms with Crippen LogP contribution in [0.25, 0.3) is 0 Å². The standard InChI is InChI=1S/C25H42N6O.HI/c1-5-28(6-2)20-23-11-9-22(10-12-23)19-27-25(26-4)31-17-15-29(16-18-31)21(3)24(32)30-13-7-8-14-30;/h9-12,21H,5-8,13-20H2,1-4H3,(H,26,27);1H. The molecule has 1 aromatic carbocycles. The smallest absolute Gasteiger partial charge is 0.239 e. The highest BCUT2D eigenvalue weighted by Gasteiger charge is 2.30. The van der Waals surface area contributed by atoms with E-state index in [1.165, 1.54) is 11.1 Å². The van der Waals surface area contributed by atoms with Gasteiger partial charge in [0, 0.05) is 59.4 Å². The molecule has 2 saturated heterocycles. The number of hydrogen-bond donors (Lipinski definition) is 1. The van der Waals surface area contributed by atoms with Gasteiger partial charge in [0.2, 0.25) is 5.91 Å². The Labute approximate surface area is 217 Å². The van der Waals surface area contributed by atoms with Crippen LogP contribution in [0.1, 0.15) is 44.7 Å². The first-order chi connectivity index (χ1) is 15.5. The quantitative estimate of drug-likeness (QED) is 0.296. The van der Waals surface area contributed by atoms with E-state index in [9.17, 15) is 4.79 Å². The predicted octanol–water partition coefficient (Wildman–Crippen LogP) is 2.85. The normalized spacial score (nSPS) is 18.4. The molecule has 2 fully saturated rings. The number of aliphatic imine (C=N–C) groups is 1. The molecule has 1 atom stereocenters. The van der Waals surface area contributed by atoms with Gasteiger partial charge < -0.3 is 15.1 Å². The van der Waals surface area contributed by atoms with Gasteiger partial charge in [0.1, 0.15) is 0 Å². The highest BCUT2D eigenvalue weighted by molar-refractivity contribution is 14.0. The van der Waals surface area contributed by atoms with Crippen LogP contribution in [0.4, 0.5) is 0 Å². The second-order valence-electron chi connectivity index (χ2n) is 8.91. The molecule has 1 unspecified atom stereocenters. The molecular formula is C25H43IN6O. The van der Waals surface area contributed by atoms with Crippen molar-refractivity contribution in [2.45, 2.75) is 52.7 Å². The van der Waals surface area contributed by atoms with Gasteiger partial charge in [-0.3, -0.25) is 19.6 Å². The summed E-state index contributed by atoms with van der Waals surface area (Å²) < 4.78 is 0. The number of likely N-dealkylation sites (tertiary alicyclic amines) is 1. The molecule has 7 nitrogen and oxygen atoms in total. The lowest BCUT2D eigenvalue weighted by molar-refractivity contribution is -0.135. The van der Waals surface area contributed by atoms with Crippen LogP contribution in [-0.4, -0.2) is 96.9 Å². The van der Waals surface area contributed by atoms with E-state index in [-0.39, 0.29) is 30.0 Å². The van der Waals surface area contributed by atoms with E-state index in [1.807, 2.05) is 11.9 Å². The Kier molecular flexibility index (Phi) is 11.9. The van der Waals surface area contributed by atoms with E-state index in [4.69, 9.17) is 0 Å². The monoisotopic (exact) mass is 570 g/mol. The molecule has 1 amide bonds. The zero-order valence-electron chi connectivity index (χ0n) is 20.9. The average molecular weight is 571 g/mol. The molecule has 2 heterocycles. The third kappa shape index (κ3) is 7.82. The summed E-state index contributed by atoms with van der Waals surface area (Å²) in [6, 6.07) is 8.86. The number of halogens is 1. The number of carbonyl (C=O) groups excluding carboxylic acids is 1. The maximum Gasteiger partial charge on any atom is 0.239 e. The summed E-state index contributed by atoms with van der Waals surface area (Å²) in [6.07, 6.45) is 2.29. The number of nitrogens with one attached hydrogen (secondary N) is 1. The van der Waals surface area contributed by atoms with Gasteiger partial charge in [-0.1, -0.05) is 38.1 Å². The molecule has 33 heavy (non-hydrogen) atoms. The van der Waals surface area contributed by atoms with E-state index in [0.717, 1.165) is 84.2 Å². The van der Waals surface area contributed by atoms with E-state index >= 15 is 0 Å². The molecule has 3 rings (SSSR count). The van der Waals surface area contributed by atoms with Crippen LogP contribution in [0.3, 0.4) is 0 Å². The van der Waals surface area contributed by atoms with Crippen LogP contribution in [0, 0.1) is 0 Å². The number of benzene rings is 1. The number of nitrogens with zero attached hydrogens (tertiary/aromatic N) is 5. The predicted molar refractivity (Wildman–Crippen MR) is 147 cm³/mol. The fourth-order valence-corrected chi connectivity index (χ4v) is 4.66. The minimum atomic E-state index is -0.0277. The van der Waals surface area contributed by atoms with Crippen molar-refractivity contribution in [2.24, 2.45) is 4.99 Å². The first kappa shape index (κ1) is 27.9. The molecule has 0 saturated carbocycles. The topological polar surface area (TPSA) is 54.4 Å². The summed E-state index contributed by atoms with van der Waals surface area (Å²) >= 11 is 0. The lowest BCUT2D eigenvalue weighted by atomic mass is 10.1. The van der Waals surface area contributed by atoms with Crippen molar-refractivity contribution in [1.29, 1.82) is 0 Å². The van der Waals surface area contributed by atoms with Gasteiger partial charge in [0.05, 0.1) is 6.04 Å². The molecule has 0 aliphatic carbocycles. The third-order valence-corrected chi connectivity index (χ3v) is 6.92. The molecule has 0 aromatic heterocycles. The first-order valence-corrected chi connectivity index (χ1v) is 12.3. The summed E-state index contributed by atoms with van der Waals surface area (Å²) in [5, 5.41) is 3.52. The van der Waals surface area contributed by atoms with Gasteiger partial charge in [0.25, 0.3) is 0 Å². The summed E-state index contributed by atoms with van der Waals surface area (Å²) in [6.45, 7) is 15.8. The number of rotatable bonds is 8. The van der Waals surface area contributed by atoms with E-state index < -0.39 is 0 Å². The Morgan fingerprint density at radius 2 is 1.55 bits per heavy atom. The van der Waals surface area contributed by atoms with Gasteiger partial charge in [-0.2, -0.15) is 0 Å². The van der Waals surface area contributed by atoms with Crippen molar-refractivity contribution in [1.82, 2.24) is 24.9 Å². The van der Waals surface area contributed by atoms with Gasteiger partial charge >= 0.3 is 0 Å². The first-order valence-electron chi connectivity index (χ1n) is 12.3. The Bertz CT molecular complexity index is 738. The fourth-order valence-electron chi connectivity index (χ4n) is 4.66. The van der Waals surface area contributed by atoms with Gasteiger partial charge in [-0.15, -0.1) is 24.0 Å². The van der Waals surface area contributed by atoms with Gasteiger partial charge in [0.15, 0.2) is 5.96 Å². The highest BCUT2D eigenvalue weighted by atomic mass is 127. The van der Waals surface area contributed by atoms with Crippen LogP contribution < -0.4 is 5.32 Å². The van der Waals surface area contributed by atoms with Crippen molar-refractivity contribution in [2.75, 3.05) is 59.4 Å². The SMILES string of the molecule is CCN(CC)Cc1ccc(CNC(=NC)N2CCN(C(C)C(=O)N3CCCC3)CC2)cc1.I. The molecule has 0 bridgehead atoms. The second kappa shape index (κ2) is 14.1. The molecule has 0 radical (unpaired) electrons. The zero-order valence-corrected chi connectivity index (χ0v) is 23.3. The zero-order chi connectivity index (χ0) is 22.9. The number of guanidine groups is 1. The third-order valence-electron chi connectivity index (χ3n) is 6.92. The summed E-state index contributed by atoms with van der Waals surface area (Å²) in [7, 11) is 1.85. The van der Waals surface area contributed by atoms with Crippen LogP contribution >= 0.6 is 24.0 Å². The lowest BCUT2D eigenvalue weighted by Crippen LogP contribution is -2.57. The van der Waals surface area contributed by atoms with Crippen LogP contribution in [0.2, 0.25) is 0 Å². The van der Waals surface area contributed by atoms with E-state index in [1.54, 1.807) is 0 Å². The largest absolute Gasteiger partial charge is 0.352 e. The Morgan fingerprint density at radius 3 is 2.09 bits per heavy atom. The van der Waals surface area contributed by atoms with Crippen LogP contribution in [-0.2, 0) is 17.9 Å². The summed E-state index contributed by atoms with van der Waals surface area (Å²) in [5.41, 5.74) is 2.62. The Balaban J connectivity index is 0.00000385.